The molecule has 2 rings (SSSR count). The van der Waals surface area contributed by atoms with Crippen LogP contribution in [0.3, 0.4) is 0 Å². The van der Waals surface area contributed by atoms with Crippen molar-refractivity contribution >= 4 is 17.5 Å². The summed E-state index contributed by atoms with van der Waals surface area (Å²) in [4.78, 5) is 24.2. The summed E-state index contributed by atoms with van der Waals surface area (Å²) in [5.74, 6) is -0.384. The van der Waals surface area contributed by atoms with Crippen LogP contribution in [0.15, 0.2) is 24.3 Å². The summed E-state index contributed by atoms with van der Waals surface area (Å²) in [7, 11) is 0. The average Bonchev–Trinajstić information content (AvgIpc) is 3.29. The van der Waals surface area contributed by atoms with Crippen molar-refractivity contribution in [3.05, 3.63) is 29.8 Å². The molecule has 1 aliphatic carbocycles. The highest BCUT2D eigenvalue weighted by atomic mass is 16.2. The molecular weight excluding hydrogens is 266 g/mol. The summed E-state index contributed by atoms with van der Waals surface area (Å²) in [6.07, 6.45) is 4.63. The van der Waals surface area contributed by atoms with E-state index in [1.165, 1.54) is 0 Å². The van der Waals surface area contributed by atoms with E-state index in [9.17, 15) is 9.59 Å². The van der Waals surface area contributed by atoms with Crippen molar-refractivity contribution in [2.45, 2.75) is 51.1 Å². The van der Waals surface area contributed by atoms with E-state index in [2.05, 4.69) is 17.6 Å². The average molecular weight is 289 g/mol. The van der Waals surface area contributed by atoms with Gasteiger partial charge in [-0.2, -0.15) is 0 Å². The second kappa shape index (κ2) is 7.22. The number of para-hydroxylation sites is 1. The molecule has 0 aromatic heterocycles. The maximum Gasteiger partial charge on any atom is 0.253 e. The Morgan fingerprint density at radius 2 is 2.05 bits per heavy atom. The van der Waals surface area contributed by atoms with E-state index in [-0.39, 0.29) is 17.9 Å². The Balaban J connectivity index is 2.01. The Hall–Kier alpha value is -1.88. The van der Waals surface area contributed by atoms with Gasteiger partial charge in [-0.05, 0) is 31.4 Å². The lowest BCUT2D eigenvalue weighted by molar-refractivity contribution is -0.117. The monoisotopic (exact) mass is 289 g/mol. The third-order valence-corrected chi connectivity index (χ3v) is 3.55. The van der Waals surface area contributed by atoms with Crippen LogP contribution in [-0.2, 0) is 4.79 Å². The van der Waals surface area contributed by atoms with Gasteiger partial charge < -0.3 is 16.4 Å². The molecule has 1 saturated carbocycles. The second-order valence-corrected chi connectivity index (χ2v) is 5.53. The lowest BCUT2D eigenvalue weighted by Crippen LogP contribution is -2.36. The first-order valence-electron chi connectivity index (χ1n) is 7.58. The zero-order valence-electron chi connectivity index (χ0n) is 12.4. The lowest BCUT2D eigenvalue weighted by atomic mass is 10.1. The van der Waals surface area contributed by atoms with Crippen molar-refractivity contribution in [2.75, 3.05) is 5.32 Å². The van der Waals surface area contributed by atoms with Crippen molar-refractivity contribution in [3.63, 3.8) is 0 Å². The molecule has 0 radical (unpaired) electrons. The Morgan fingerprint density at radius 1 is 1.33 bits per heavy atom. The van der Waals surface area contributed by atoms with Crippen LogP contribution >= 0.6 is 0 Å². The van der Waals surface area contributed by atoms with Gasteiger partial charge in [-0.1, -0.05) is 31.9 Å². The summed E-state index contributed by atoms with van der Waals surface area (Å²) in [5.41, 5.74) is 6.86. The highest BCUT2D eigenvalue weighted by Crippen LogP contribution is 2.21. The lowest BCUT2D eigenvalue weighted by Gasteiger charge is -2.14. The molecule has 0 heterocycles. The van der Waals surface area contributed by atoms with Gasteiger partial charge >= 0.3 is 0 Å². The SMILES string of the molecule is CCCCC(N)C(=O)Nc1ccccc1C(=O)NC1CC1. The van der Waals surface area contributed by atoms with Crippen LogP contribution in [0.25, 0.3) is 0 Å². The molecule has 1 unspecified atom stereocenters. The number of carbonyl (C=O) groups is 2. The number of carbonyl (C=O) groups excluding carboxylic acids is 2. The highest BCUT2D eigenvalue weighted by molar-refractivity contribution is 6.04. The van der Waals surface area contributed by atoms with Gasteiger partial charge in [-0.15, -0.1) is 0 Å². The fraction of sp³-hybridized carbons (Fsp3) is 0.500. The first kappa shape index (κ1) is 15.5. The topological polar surface area (TPSA) is 84.2 Å². The van der Waals surface area contributed by atoms with E-state index in [0.717, 1.165) is 25.7 Å². The summed E-state index contributed by atoms with van der Waals surface area (Å²) < 4.78 is 0. The summed E-state index contributed by atoms with van der Waals surface area (Å²) >= 11 is 0. The van der Waals surface area contributed by atoms with Gasteiger partial charge in [-0.3, -0.25) is 9.59 Å². The third-order valence-electron chi connectivity index (χ3n) is 3.55. The molecule has 5 heteroatoms. The Bertz CT molecular complexity index is 512. The van der Waals surface area contributed by atoms with E-state index in [4.69, 9.17) is 5.73 Å². The number of hydrogen-bond acceptors (Lipinski definition) is 3. The first-order valence-corrected chi connectivity index (χ1v) is 7.58. The van der Waals surface area contributed by atoms with Crippen molar-refractivity contribution in [3.8, 4) is 0 Å². The largest absolute Gasteiger partial charge is 0.349 e. The molecule has 1 atom stereocenters. The smallest absolute Gasteiger partial charge is 0.253 e. The summed E-state index contributed by atoms with van der Waals surface area (Å²) in [6.45, 7) is 2.06. The van der Waals surface area contributed by atoms with Gasteiger partial charge in [0.15, 0.2) is 0 Å². The second-order valence-electron chi connectivity index (χ2n) is 5.53. The minimum Gasteiger partial charge on any atom is -0.349 e. The third kappa shape index (κ3) is 4.56. The van der Waals surface area contributed by atoms with Gasteiger partial charge in [0.2, 0.25) is 5.91 Å². The zero-order chi connectivity index (χ0) is 15.2. The van der Waals surface area contributed by atoms with Crippen LogP contribution in [-0.4, -0.2) is 23.9 Å². The van der Waals surface area contributed by atoms with Crippen LogP contribution in [0, 0.1) is 0 Å². The van der Waals surface area contributed by atoms with E-state index < -0.39 is 6.04 Å². The number of rotatable bonds is 7. The fourth-order valence-electron chi connectivity index (χ4n) is 2.06. The molecule has 21 heavy (non-hydrogen) atoms. The molecule has 5 nitrogen and oxygen atoms in total. The minimum absolute atomic E-state index is 0.143. The zero-order valence-corrected chi connectivity index (χ0v) is 12.4. The van der Waals surface area contributed by atoms with Crippen molar-refractivity contribution in [2.24, 2.45) is 5.73 Å². The Labute approximate surface area is 125 Å². The standard InChI is InChI=1S/C16H23N3O2/c1-2-3-7-13(17)16(21)19-14-8-5-4-6-12(14)15(20)18-11-9-10-11/h4-6,8,11,13H,2-3,7,9-10,17H2,1H3,(H,18,20)(H,19,21). The molecule has 0 aliphatic heterocycles. The van der Waals surface area contributed by atoms with Crippen LogP contribution in [0.2, 0.25) is 0 Å². The molecule has 0 bridgehead atoms. The predicted octanol–water partition coefficient (Wildman–Crippen LogP) is 2.03. The number of nitrogens with two attached hydrogens (primary N) is 1. The number of hydrogen-bond donors (Lipinski definition) is 3. The molecule has 114 valence electrons. The summed E-state index contributed by atoms with van der Waals surface area (Å²) in [5, 5.41) is 5.69. The molecule has 1 aromatic rings. The number of amides is 2. The normalized spacial score (nSPS) is 15.3. The number of nitrogens with one attached hydrogen (secondary N) is 2. The molecule has 0 spiro atoms. The fourth-order valence-corrected chi connectivity index (χ4v) is 2.06. The van der Waals surface area contributed by atoms with Crippen LogP contribution in [0.1, 0.15) is 49.4 Å². The predicted molar refractivity (Wildman–Crippen MR) is 83.1 cm³/mol. The van der Waals surface area contributed by atoms with Gasteiger partial charge in [0.1, 0.15) is 0 Å². The molecular formula is C16H23N3O2. The van der Waals surface area contributed by atoms with E-state index in [0.29, 0.717) is 17.7 Å². The molecule has 1 aliphatic rings. The van der Waals surface area contributed by atoms with Crippen LogP contribution in [0.4, 0.5) is 5.69 Å². The van der Waals surface area contributed by atoms with Crippen molar-refractivity contribution in [1.29, 1.82) is 0 Å². The van der Waals surface area contributed by atoms with E-state index in [1.54, 1.807) is 24.3 Å². The van der Waals surface area contributed by atoms with Crippen LogP contribution < -0.4 is 16.4 Å². The quantitative estimate of drug-likeness (QED) is 0.718. The number of unbranched alkanes of at least 4 members (excludes halogenated alkanes) is 1. The van der Waals surface area contributed by atoms with Crippen LogP contribution in [0.5, 0.6) is 0 Å². The Morgan fingerprint density at radius 3 is 2.71 bits per heavy atom. The Kier molecular flexibility index (Phi) is 5.33. The molecule has 2 amide bonds. The molecule has 4 N–H and O–H groups in total. The van der Waals surface area contributed by atoms with Crippen molar-refractivity contribution in [1.82, 2.24) is 5.32 Å². The van der Waals surface area contributed by atoms with Gasteiger partial charge in [-0.25, -0.2) is 0 Å². The number of benzene rings is 1. The summed E-state index contributed by atoms with van der Waals surface area (Å²) in [6, 6.07) is 6.77. The van der Waals surface area contributed by atoms with E-state index >= 15 is 0 Å². The molecule has 1 fully saturated rings. The minimum atomic E-state index is -0.538. The maximum atomic E-state index is 12.1. The highest BCUT2D eigenvalue weighted by Gasteiger charge is 2.25. The first-order chi connectivity index (χ1) is 10.1. The van der Waals surface area contributed by atoms with Gasteiger partial charge in [0, 0.05) is 6.04 Å². The van der Waals surface area contributed by atoms with Crippen molar-refractivity contribution < 1.29 is 9.59 Å². The maximum absolute atomic E-state index is 12.1. The van der Waals surface area contributed by atoms with Gasteiger partial charge in [0.25, 0.3) is 5.91 Å². The van der Waals surface area contributed by atoms with E-state index in [1.807, 2.05) is 0 Å². The molecule has 1 aromatic carbocycles. The van der Waals surface area contributed by atoms with Gasteiger partial charge in [0.05, 0.1) is 17.3 Å². The number of anilines is 1. The molecule has 0 saturated heterocycles.